The van der Waals surface area contributed by atoms with Crippen LogP contribution >= 0.6 is 11.8 Å². The Morgan fingerprint density at radius 1 is 1.58 bits per heavy atom. The number of carboxylic acids is 1. The van der Waals surface area contributed by atoms with Crippen LogP contribution in [0, 0.1) is 0 Å². The Morgan fingerprint density at radius 2 is 2.17 bits per heavy atom. The highest BCUT2D eigenvalue weighted by molar-refractivity contribution is 8.00. The van der Waals surface area contributed by atoms with E-state index in [1.165, 1.54) is 11.8 Å². The molecule has 72 valence electrons. The van der Waals surface area contributed by atoms with Gasteiger partial charge in [-0.05, 0) is 24.9 Å². The van der Waals surface area contributed by atoms with Gasteiger partial charge in [0.05, 0.1) is 5.75 Å². The molecular weight excluding hydrogens is 192 g/mol. The molecule has 0 amide bonds. The maximum Gasteiger partial charge on any atom is 0.313 e. The van der Waals surface area contributed by atoms with Crippen LogP contribution in [0.1, 0.15) is 0 Å². The summed E-state index contributed by atoms with van der Waals surface area (Å²) in [5.74, 6) is 0.352. The second-order valence-corrected chi connectivity index (χ2v) is 8.69. The van der Waals surface area contributed by atoms with Crippen molar-refractivity contribution in [2.45, 2.75) is 19.1 Å². The Bertz CT molecular complexity index is 150. The molecule has 0 saturated carbocycles. The average Bonchev–Trinajstić information content (AvgIpc) is 1.98. The van der Waals surface area contributed by atoms with Gasteiger partial charge < -0.3 is 9.53 Å². The summed E-state index contributed by atoms with van der Waals surface area (Å²) >= 11 is 1.46. The average molecular weight is 208 g/mol. The van der Waals surface area contributed by atoms with Gasteiger partial charge in [0.2, 0.25) is 0 Å². The maximum absolute atomic E-state index is 10.2. The van der Waals surface area contributed by atoms with Crippen molar-refractivity contribution in [3.63, 3.8) is 0 Å². The number of carbonyl (C=O) groups is 1. The number of thioether (sulfide) groups is 1. The summed E-state index contributed by atoms with van der Waals surface area (Å²) < 4.78 is 5.32. The first-order chi connectivity index (χ1) is 5.48. The quantitative estimate of drug-likeness (QED) is 0.532. The number of rotatable bonds is 6. The largest absolute Gasteiger partial charge is 0.481 e. The fraction of sp³-hybridized carbons (Fsp3) is 0.857. The third kappa shape index (κ3) is 6.69. The highest BCUT2D eigenvalue weighted by Crippen LogP contribution is 2.14. The van der Waals surface area contributed by atoms with Crippen molar-refractivity contribution in [2.24, 2.45) is 0 Å². The Labute approximate surface area is 78.6 Å². The smallest absolute Gasteiger partial charge is 0.313 e. The molecular formula is C7H16O3SSi. The van der Waals surface area contributed by atoms with Crippen molar-refractivity contribution in [3.05, 3.63) is 0 Å². The van der Waals surface area contributed by atoms with E-state index in [1.54, 1.807) is 7.11 Å². The van der Waals surface area contributed by atoms with Crippen LogP contribution in [-0.2, 0) is 9.22 Å². The first-order valence-corrected chi connectivity index (χ1v) is 8.09. The molecule has 0 aromatic carbocycles. The van der Waals surface area contributed by atoms with Crippen LogP contribution in [-0.4, -0.2) is 38.0 Å². The fourth-order valence-electron chi connectivity index (χ4n) is 0.580. The van der Waals surface area contributed by atoms with Gasteiger partial charge in [-0.3, -0.25) is 4.79 Å². The van der Waals surface area contributed by atoms with Crippen LogP contribution in [0.2, 0.25) is 19.1 Å². The van der Waals surface area contributed by atoms with Crippen LogP contribution in [0.3, 0.4) is 0 Å². The minimum atomic E-state index is -1.46. The van der Waals surface area contributed by atoms with Crippen molar-refractivity contribution >= 4 is 26.0 Å². The summed E-state index contributed by atoms with van der Waals surface area (Å²) in [6, 6.07) is 1.02. The topological polar surface area (TPSA) is 46.5 Å². The van der Waals surface area contributed by atoms with E-state index in [0.29, 0.717) is 0 Å². The van der Waals surface area contributed by atoms with Crippen LogP contribution in [0.25, 0.3) is 0 Å². The zero-order valence-corrected chi connectivity index (χ0v) is 9.61. The fourth-order valence-corrected chi connectivity index (χ4v) is 3.65. The lowest BCUT2D eigenvalue weighted by atomic mass is 10.8. The predicted octanol–water partition coefficient (Wildman–Crippen LogP) is 1.66. The Kier molecular flexibility index (Phi) is 5.61. The molecule has 0 spiro atoms. The molecule has 3 nitrogen and oxygen atoms in total. The predicted molar refractivity (Wildman–Crippen MR) is 54.3 cm³/mol. The minimum absolute atomic E-state index is 0.203. The van der Waals surface area contributed by atoms with Gasteiger partial charge in [-0.15, -0.1) is 0 Å². The van der Waals surface area contributed by atoms with Crippen molar-refractivity contribution in [1.82, 2.24) is 0 Å². The van der Waals surface area contributed by atoms with Gasteiger partial charge >= 0.3 is 5.97 Å². The molecule has 0 fully saturated rings. The second-order valence-electron chi connectivity index (χ2n) is 3.16. The molecule has 0 atom stereocenters. The Balaban J connectivity index is 3.37. The molecule has 0 radical (unpaired) electrons. The molecule has 0 aromatic heterocycles. The Morgan fingerprint density at radius 3 is 2.58 bits per heavy atom. The van der Waals surface area contributed by atoms with Crippen molar-refractivity contribution in [1.29, 1.82) is 0 Å². The standard InChI is InChI=1S/C7H16O3SSi/c1-10-12(2,3)5-4-11-6-7(8)9/h4-6H2,1-3H3,(H,8,9). The second kappa shape index (κ2) is 5.61. The van der Waals surface area contributed by atoms with Crippen LogP contribution in [0.4, 0.5) is 0 Å². The normalized spacial score (nSPS) is 11.6. The summed E-state index contributed by atoms with van der Waals surface area (Å²) in [5.41, 5.74) is 0. The van der Waals surface area contributed by atoms with E-state index in [4.69, 9.17) is 9.53 Å². The summed E-state index contributed by atoms with van der Waals surface area (Å²) in [6.07, 6.45) is 0. The summed E-state index contributed by atoms with van der Waals surface area (Å²) in [5, 5.41) is 8.36. The third-order valence-electron chi connectivity index (χ3n) is 1.63. The van der Waals surface area contributed by atoms with Crippen molar-refractivity contribution in [2.75, 3.05) is 18.6 Å². The van der Waals surface area contributed by atoms with Gasteiger partial charge in [0.15, 0.2) is 8.32 Å². The monoisotopic (exact) mass is 208 g/mol. The zero-order chi connectivity index (χ0) is 9.61. The number of aliphatic carboxylic acids is 1. The van der Waals surface area contributed by atoms with E-state index in [0.717, 1.165) is 11.8 Å². The molecule has 1 N–H and O–H groups in total. The van der Waals surface area contributed by atoms with Gasteiger partial charge in [-0.25, -0.2) is 0 Å². The van der Waals surface area contributed by atoms with Gasteiger partial charge in [0, 0.05) is 7.11 Å². The van der Waals surface area contributed by atoms with Crippen LogP contribution < -0.4 is 0 Å². The highest BCUT2D eigenvalue weighted by atomic mass is 32.2. The molecule has 0 aliphatic carbocycles. The lowest BCUT2D eigenvalue weighted by Gasteiger charge is -2.18. The molecule has 0 unspecified atom stereocenters. The van der Waals surface area contributed by atoms with Gasteiger partial charge in [0.25, 0.3) is 0 Å². The molecule has 0 rings (SSSR count). The first kappa shape index (κ1) is 12.0. The SMILES string of the molecule is CO[Si](C)(C)CCSCC(=O)O. The van der Waals surface area contributed by atoms with E-state index in [2.05, 4.69) is 13.1 Å². The van der Waals surface area contributed by atoms with Crippen molar-refractivity contribution in [3.8, 4) is 0 Å². The van der Waals surface area contributed by atoms with Gasteiger partial charge in [0.1, 0.15) is 0 Å². The summed E-state index contributed by atoms with van der Waals surface area (Å²) in [6.45, 7) is 4.27. The lowest BCUT2D eigenvalue weighted by molar-refractivity contribution is -0.133. The molecule has 0 aromatic rings. The number of carboxylic acid groups (broad SMARTS) is 1. The number of hydrogen-bond acceptors (Lipinski definition) is 3. The van der Waals surface area contributed by atoms with E-state index in [9.17, 15) is 4.79 Å². The minimum Gasteiger partial charge on any atom is -0.481 e. The van der Waals surface area contributed by atoms with E-state index in [-0.39, 0.29) is 5.75 Å². The molecule has 0 aliphatic rings. The third-order valence-corrected chi connectivity index (χ3v) is 5.49. The van der Waals surface area contributed by atoms with Gasteiger partial charge in [-0.2, -0.15) is 11.8 Å². The summed E-state index contributed by atoms with van der Waals surface area (Å²) in [7, 11) is 0.267. The molecule has 0 aliphatic heterocycles. The maximum atomic E-state index is 10.2. The van der Waals surface area contributed by atoms with Crippen LogP contribution in [0.15, 0.2) is 0 Å². The van der Waals surface area contributed by atoms with Gasteiger partial charge in [-0.1, -0.05) is 0 Å². The zero-order valence-electron chi connectivity index (χ0n) is 7.79. The lowest BCUT2D eigenvalue weighted by Crippen LogP contribution is -2.29. The molecule has 0 bridgehead atoms. The number of hydrogen-bond donors (Lipinski definition) is 1. The molecule has 5 heteroatoms. The summed E-state index contributed by atoms with van der Waals surface area (Å²) in [4.78, 5) is 10.2. The first-order valence-electron chi connectivity index (χ1n) is 3.82. The molecule has 0 heterocycles. The molecule has 0 saturated heterocycles. The van der Waals surface area contributed by atoms with E-state index < -0.39 is 14.3 Å². The van der Waals surface area contributed by atoms with Crippen LogP contribution in [0.5, 0.6) is 0 Å². The van der Waals surface area contributed by atoms with Crippen molar-refractivity contribution < 1.29 is 14.3 Å². The van der Waals surface area contributed by atoms with E-state index >= 15 is 0 Å². The molecule has 12 heavy (non-hydrogen) atoms. The van der Waals surface area contributed by atoms with E-state index in [1.807, 2.05) is 0 Å². The highest BCUT2D eigenvalue weighted by Gasteiger charge is 2.19. The Hall–Kier alpha value is -0.00312.